The van der Waals surface area contributed by atoms with Crippen molar-refractivity contribution in [1.29, 1.82) is 0 Å². The molecule has 1 aromatic heterocycles. The Hall–Kier alpha value is -3.17. The van der Waals surface area contributed by atoms with Crippen LogP contribution in [0.25, 0.3) is 22.2 Å². The lowest BCUT2D eigenvalue weighted by Crippen LogP contribution is -2.15. The number of pyridine rings is 1. The molecule has 0 unspecified atom stereocenters. The summed E-state index contributed by atoms with van der Waals surface area (Å²) in [5.41, 5.74) is 6.08. The van der Waals surface area contributed by atoms with Crippen molar-refractivity contribution in [3.05, 3.63) is 94.5 Å². The van der Waals surface area contributed by atoms with Crippen LogP contribution >= 0.6 is 11.6 Å². The van der Waals surface area contributed by atoms with E-state index in [4.69, 9.17) is 16.6 Å². The number of carbonyl (C=O) groups excluding carboxylic acids is 1. The molecular weight excluding hydrogens is 404 g/mol. The summed E-state index contributed by atoms with van der Waals surface area (Å²) in [5.74, 6) is -0.132. The Morgan fingerprint density at radius 3 is 2.39 bits per heavy atom. The molecule has 4 rings (SSSR count). The molecule has 0 aliphatic heterocycles. The average Bonchev–Trinajstić information content (AvgIpc) is 2.79. The molecule has 1 heterocycles. The molecular formula is C27H25ClN2O. The van der Waals surface area contributed by atoms with Gasteiger partial charge in [0.25, 0.3) is 5.91 Å². The minimum atomic E-state index is -0.132. The van der Waals surface area contributed by atoms with E-state index in [1.807, 2.05) is 67.6 Å². The molecule has 4 aromatic rings. The number of fused-ring (bicyclic) bond motifs is 1. The van der Waals surface area contributed by atoms with Crippen LogP contribution in [0, 0.1) is 6.92 Å². The summed E-state index contributed by atoms with van der Waals surface area (Å²) < 4.78 is 0. The van der Waals surface area contributed by atoms with E-state index in [-0.39, 0.29) is 5.91 Å². The number of hydrogen-bond acceptors (Lipinski definition) is 2. The lowest BCUT2D eigenvalue weighted by Gasteiger charge is -2.15. The first-order chi connectivity index (χ1) is 15.1. The van der Waals surface area contributed by atoms with Gasteiger partial charge in [0, 0.05) is 21.7 Å². The summed E-state index contributed by atoms with van der Waals surface area (Å²) in [6, 6.07) is 23.4. The van der Waals surface area contributed by atoms with Crippen molar-refractivity contribution in [1.82, 2.24) is 4.98 Å². The number of carbonyl (C=O) groups is 1. The second-order valence-corrected chi connectivity index (χ2v) is 8.18. The van der Waals surface area contributed by atoms with Crippen LogP contribution in [0.3, 0.4) is 0 Å². The van der Waals surface area contributed by atoms with E-state index < -0.39 is 0 Å². The quantitative estimate of drug-likeness (QED) is 0.346. The van der Waals surface area contributed by atoms with Gasteiger partial charge in [0.1, 0.15) is 0 Å². The number of amides is 1. The molecule has 31 heavy (non-hydrogen) atoms. The van der Waals surface area contributed by atoms with Gasteiger partial charge in [0.2, 0.25) is 0 Å². The van der Waals surface area contributed by atoms with E-state index in [2.05, 4.69) is 24.4 Å². The second-order valence-electron chi connectivity index (χ2n) is 7.74. The predicted octanol–water partition coefficient (Wildman–Crippen LogP) is 7.46. The van der Waals surface area contributed by atoms with Crippen LogP contribution < -0.4 is 5.32 Å². The fourth-order valence-corrected chi connectivity index (χ4v) is 3.94. The predicted molar refractivity (Wildman–Crippen MR) is 130 cm³/mol. The van der Waals surface area contributed by atoms with Crippen LogP contribution in [0.2, 0.25) is 5.02 Å². The largest absolute Gasteiger partial charge is 0.322 e. The van der Waals surface area contributed by atoms with Crippen molar-refractivity contribution in [3.8, 4) is 11.3 Å². The zero-order valence-electron chi connectivity index (χ0n) is 17.8. The zero-order chi connectivity index (χ0) is 21.8. The van der Waals surface area contributed by atoms with Crippen LogP contribution in [0.5, 0.6) is 0 Å². The van der Waals surface area contributed by atoms with Crippen molar-refractivity contribution in [2.45, 2.75) is 33.1 Å². The molecule has 0 saturated carbocycles. The monoisotopic (exact) mass is 428 g/mol. The normalized spacial score (nSPS) is 10.9. The Balaban J connectivity index is 1.72. The lowest BCUT2D eigenvalue weighted by molar-refractivity contribution is 0.102. The maximum atomic E-state index is 13.4. The van der Waals surface area contributed by atoms with E-state index in [0.717, 1.165) is 39.8 Å². The number of benzene rings is 3. The van der Waals surface area contributed by atoms with E-state index in [1.165, 1.54) is 18.4 Å². The number of halogens is 1. The molecule has 0 saturated heterocycles. The highest BCUT2D eigenvalue weighted by Crippen LogP contribution is 2.31. The number of hydrogen-bond donors (Lipinski definition) is 1. The number of aromatic nitrogens is 1. The van der Waals surface area contributed by atoms with Gasteiger partial charge >= 0.3 is 0 Å². The number of para-hydroxylation sites is 1. The van der Waals surface area contributed by atoms with Gasteiger partial charge in [-0.3, -0.25) is 4.79 Å². The zero-order valence-corrected chi connectivity index (χ0v) is 18.5. The van der Waals surface area contributed by atoms with Crippen LogP contribution in [0.15, 0.2) is 72.8 Å². The summed E-state index contributed by atoms with van der Waals surface area (Å²) in [6.45, 7) is 4.14. The summed E-state index contributed by atoms with van der Waals surface area (Å²) in [4.78, 5) is 18.2. The fourth-order valence-electron chi connectivity index (χ4n) is 3.82. The minimum absolute atomic E-state index is 0.132. The summed E-state index contributed by atoms with van der Waals surface area (Å²) in [5, 5.41) is 4.59. The van der Waals surface area contributed by atoms with Gasteiger partial charge < -0.3 is 5.32 Å². The number of anilines is 1. The molecule has 0 aliphatic carbocycles. The van der Waals surface area contributed by atoms with E-state index in [9.17, 15) is 4.79 Å². The topological polar surface area (TPSA) is 42.0 Å². The molecule has 3 aromatic carbocycles. The SMILES string of the molecule is CCCCc1ccc(NC(=O)c2c(C)c(-c3ccc(Cl)cc3)nc3ccccc23)cc1. The maximum Gasteiger partial charge on any atom is 0.256 e. The Morgan fingerprint density at radius 2 is 1.68 bits per heavy atom. The van der Waals surface area contributed by atoms with Crippen LogP contribution in [-0.4, -0.2) is 10.9 Å². The summed E-state index contributed by atoms with van der Waals surface area (Å²) in [7, 11) is 0. The van der Waals surface area contributed by atoms with Crippen LogP contribution in [-0.2, 0) is 6.42 Å². The third-order valence-corrected chi connectivity index (χ3v) is 5.76. The molecule has 0 spiro atoms. The smallest absolute Gasteiger partial charge is 0.256 e. The molecule has 1 N–H and O–H groups in total. The number of aryl methyl sites for hydroxylation is 1. The van der Waals surface area contributed by atoms with Gasteiger partial charge in [-0.1, -0.05) is 67.4 Å². The Bertz CT molecular complexity index is 1210. The second kappa shape index (κ2) is 9.32. The molecule has 0 fully saturated rings. The average molecular weight is 429 g/mol. The number of rotatable bonds is 6. The van der Waals surface area contributed by atoms with E-state index >= 15 is 0 Å². The molecule has 4 heteroatoms. The minimum Gasteiger partial charge on any atom is -0.322 e. The molecule has 156 valence electrons. The highest BCUT2D eigenvalue weighted by atomic mass is 35.5. The van der Waals surface area contributed by atoms with Gasteiger partial charge in [-0.2, -0.15) is 0 Å². The Morgan fingerprint density at radius 1 is 0.968 bits per heavy atom. The standard InChI is InChI=1S/C27H25ClN2O/c1-3-4-7-19-10-16-22(17-11-19)29-27(31)25-18(2)26(20-12-14-21(28)15-13-20)30-24-9-6-5-8-23(24)25/h5-6,8-17H,3-4,7H2,1-2H3,(H,29,31). The van der Waals surface area contributed by atoms with Crippen molar-refractivity contribution >= 4 is 34.1 Å². The van der Waals surface area contributed by atoms with Crippen molar-refractivity contribution < 1.29 is 4.79 Å². The first-order valence-electron chi connectivity index (χ1n) is 10.6. The summed E-state index contributed by atoms with van der Waals surface area (Å²) in [6.07, 6.45) is 3.40. The lowest BCUT2D eigenvalue weighted by atomic mass is 9.97. The first-order valence-corrected chi connectivity index (χ1v) is 11.0. The molecule has 0 atom stereocenters. The number of unbranched alkanes of at least 4 members (excludes halogenated alkanes) is 1. The third kappa shape index (κ3) is 4.62. The number of nitrogens with zero attached hydrogens (tertiary/aromatic N) is 1. The van der Waals surface area contributed by atoms with Crippen LogP contribution in [0.4, 0.5) is 5.69 Å². The third-order valence-electron chi connectivity index (χ3n) is 5.51. The Kier molecular flexibility index (Phi) is 6.34. The van der Waals surface area contributed by atoms with Crippen LogP contribution in [0.1, 0.15) is 41.3 Å². The van der Waals surface area contributed by atoms with Gasteiger partial charge in [-0.05, 0) is 61.2 Å². The van der Waals surface area contributed by atoms with Crippen molar-refractivity contribution in [3.63, 3.8) is 0 Å². The van der Waals surface area contributed by atoms with Gasteiger partial charge in [0.05, 0.1) is 16.8 Å². The molecule has 0 radical (unpaired) electrons. The fraction of sp³-hybridized carbons (Fsp3) is 0.185. The molecule has 1 amide bonds. The highest BCUT2D eigenvalue weighted by molar-refractivity contribution is 6.30. The molecule has 0 bridgehead atoms. The first kappa shape index (κ1) is 21.1. The van der Waals surface area contributed by atoms with Gasteiger partial charge in [-0.25, -0.2) is 4.98 Å². The number of nitrogens with one attached hydrogen (secondary N) is 1. The van der Waals surface area contributed by atoms with Crippen molar-refractivity contribution in [2.24, 2.45) is 0 Å². The maximum absolute atomic E-state index is 13.4. The van der Waals surface area contributed by atoms with E-state index in [0.29, 0.717) is 10.6 Å². The van der Waals surface area contributed by atoms with Gasteiger partial charge in [0.15, 0.2) is 0 Å². The molecule has 0 aliphatic rings. The highest BCUT2D eigenvalue weighted by Gasteiger charge is 2.19. The Labute approximate surface area is 188 Å². The summed E-state index contributed by atoms with van der Waals surface area (Å²) >= 11 is 6.06. The van der Waals surface area contributed by atoms with E-state index in [1.54, 1.807) is 0 Å². The molecule has 3 nitrogen and oxygen atoms in total. The van der Waals surface area contributed by atoms with Gasteiger partial charge in [-0.15, -0.1) is 0 Å². The van der Waals surface area contributed by atoms with Crippen molar-refractivity contribution in [2.75, 3.05) is 5.32 Å².